The van der Waals surface area contributed by atoms with E-state index in [1.54, 1.807) is 33.7 Å². The number of carbonyl (C=O) groups is 3. The molecule has 1 N–H and O–H groups in total. The second-order valence-corrected chi connectivity index (χ2v) is 6.08. The average molecular weight is 306 g/mol. The number of benzene rings is 1. The lowest BCUT2D eigenvalue weighted by Gasteiger charge is -2.35. The molecule has 6 nitrogen and oxygen atoms in total. The van der Waals surface area contributed by atoms with Crippen molar-refractivity contribution >= 4 is 29.5 Å². The minimum atomic E-state index is -0.982. The van der Waals surface area contributed by atoms with Crippen molar-refractivity contribution in [2.24, 2.45) is 0 Å². The van der Waals surface area contributed by atoms with Gasteiger partial charge in [-0.3, -0.25) is 9.59 Å². The fraction of sp³-hybridized carbons (Fsp3) is 0.357. The van der Waals surface area contributed by atoms with Crippen LogP contribution >= 0.6 is 11.8 Å². The number of fused-ring (bicyclic) bond motifs is 1. The molecule has 0 aliphatic carbocycles. The zero-order valence-corrected chi connectivity index (χ0v) is 12.0. The number of hydrogen-bond acceptors (Lipinski definition) is 4. The fourth-order valence-electron chi connectivity index (χ4n) is 2.54. The number of thioether (sulfide) groups is 1. The van der Waals surface area contributed by atoms with Gasteiger partial charge in [-0.2, -0.15) is 0 Å². The predicted molar refractivity (Wildman–Crippen MR) is 76.8 cm³/mol. The summed E-state index contributed by atoms with van der Waals surface area (Å²) < 4.78 is 0. The first kappa shape index (κ1) is 13.9. The van der Waals surface area contributed by atoms with Crippen molar-refractivity contribution < 1.29 is 19.5 Å². The Balaban J connectivity index is 1.73. The molecule has 0 radical (unpaired) electrons. The van der Waals surface area contributed by atoms with Crippen LogP contribution in [-0.2, 0) is 16.1 Å². The minimum absolute atomic E-state index is 0.0215. The summed E-state index contributed by atoms with van der Waals surface area (Å²) in [5.74, 6) is 0.216. The van der Waals surface area contributed by atoms with Gasteiger partial charge in [-0.1, -0.05) is 12.1 Å². The zero-order chi connectivity index (χ0) is 15.0. The Kier molecular flexibility index (Phi) is 3.59. The van der Waals surface area contributed by atoms with Crippen LogP contribution in [0.25, 0.3) is 0 Å². The smallest absolute Gasteiger partial charge is 0.335 e. The van der Waals surface area contributed by atoms with Gasteiger partial charge in [0.2, 0.25) is 11.8 Å². The number of amides is 2. The topological polar surface area (TPSA) is 77.9 Å². The summed E-state index contributed by atoms with van der Waals surface area (Å²) in [4.78, 5) is 38.4. The highest BCUT2D eigenvalue weighted by molar-refractivity contribution is 7.99. The number of rotatable bonds is 3. The Labute approximate surface area is 125 Å². The third kappa shape index (κ3) is 2.61. The van der Waals surface area contributed by atoms with Gasteiger partial charge in [-0.15, -0.1) is 11.8 Å². The lowest BCUT2D eigenvalue weighted by Crippen LogP contribution is -2.57. The van der Waals surface area contributed by atoms with Crippen molar-refractivity contribution in [1.29, 1.82) is 0 Å². The lowest BCUT2D eigenvalue weighted by atomic mass is 10.1. The molecule has 2 aliphatic heterocycles. The SMILES string of the molecule is O=C(O)c1ccc(CN2CC(=O)N3CSC[C@@H]3C2=O)cc1. The van der Waals surface area contributed by atoms with Crippen LogP contribution in [0.1, 0.15) is 15.9 Å². The van der Waals surface area contributed by atoms with E-state index in [1.165, 1.54) is 12.1 Å². The van der Waals surface area contributed by atoms with Crippen LogP contribution < -0.4 is 0 Å². The van der Waals surface area contributed by atoms with Crippen molar-refractivity contribution in [2.45, 2.75) is 12.6 Å². The number of carboxylic acids is 1. The quantitative estimate of drug-likeness (QED) is 0.886. The molecule has 3 rings (SSSR count). The first-order chi connectivity index (χ1) is 10.1. The molecule has 2 saturated heterocycles. The average Bonchev–Trinajstić information content (AvgIpc) is 2.95. The van der Waals surface area contributed by atoms with Gasteiger partial charge in [0.1, 0.15) is 12.6 Å². The summed E-state index contributed by atoms with van der Waals surface area (Å²) >= 11 is 1.59. The monoisotopic (exact) mass is 306 g/mol. The number of carbonyl (C=O) groups excluding carboxylic acids is 2. The van der Waals surface area contributed by atoms with Crippen LogP contribution in [0.2, 0.25) is 0 Å². The molecular formula is C14H14N2O4S. The van der Waals surface area contributed by atoms with Crippen LogP contribution in [0.15, 0.2) is 24.3 Å². The molecule has 2 aliphatic rings. The van der Waals surface area contributed by atoms with Crippen molar-refractivity contribution in [3.63, 3.8) is 0 Å². The molecule has 1 atom stereocenters. The van der Waals surface area contributed by atoms with Crippen LogP contribution in [0.5, 0.6) is 0 Å². The second-order valence-electron chi connectivity index (χ2n) is 5.08. The van der Waals surface area contributed by atoms with Gasteiger partial charge in [-0.05, 0) is 17.7 Å². The molecule has 0 bridgehead atoms. The number of hydrogen-bond donors (Lipinski definition) is 1. The van der Waals surface area contributed by atoms with Gasteiger partial charge in [0.05, 0.1) is 11.4 Å². The van der Waals surface area contributed by atoms with Crippen molar-refractivity contribution in [3.05, 3.63) is 35.4 Å². The number of nitrogens with zero attached hydrogens (tertiary/aromatic N) is 2. The first-order valence-corrected chi connectivity index (χ1v) is 7.70. The van der Waals surface area contributed by atoms with Crippen molar-refractivity contribution in [3.8, 4) is 0 Å². The molecule has 0 spiro atoms. The molecule has 2 heterocycles. The van der Waals surface area contributed by atoms with Crippen LogP contribution in [0.3, 0.4) is 0 Å². The van der Waals surface area contributed by atoms with E-state index in [-0.39, 0.29) is 30.0 Å². The Morgan fingerprint density at radius 1 is 1.29 bits per heavy atom. The number of piperazine rings is 1. The summed E-state index contributed by atoms with van der Waals surface area (Å²) in [6, 6.07) is 6.03. The maximum Gasteiger partial charge on any atom is 0.335 e. The van der Waals surface area contributed by atoms with Crippen LogP contribution in [0.4, 0.5) is 0 Å². The maximum atomic E-state index is 12.4. The third-order valence-electron chi connectivity index (χ3n) is 3.70. The van der Waals surface area contributed by atoms with E-state index < -0.39 is 5.97 Å². The number of carboxylic acid groups (broad SMARTS) is 1. The molecule has 1 aromatic rings. The molecule has 1 aromatic carbocycles. The van der Waals surface area contributed by atoms with Gasteiger partial charge in [0.25, 0.3) is 0 Å². The summed E-state index contributed by atoms with van der Waals surface area (Å²) in [7, 11) is 0. The van der Waals surface area contributed by atoms with E-state index in [1.807, 2.05) is 0 Å². The van der Waals surface area contributed by atoms with E-state index in [0.29, 0.717) is 18.2 Å². The van der Waals surface area contributed by atoms with Gasteiger partial charge in [0, 0.05) is 12.3 Å². The Morgan fingerprint density at radius 3 is 2.67 bits per heavy atom. The van der Waals surface area contributed by atoms with E-state index in [0.717, 1.165) is 5.56 Å². The standard InChI is InChI=1S/C14H14N2O4S/c17-12-6-15(13(18)11-7-21-8-16(11)12)5-9-1-3-10(4-2-9)14(19)20/h1-4,11H,5-8H2,(H,19,20)/t11-/m1/s1. The highest BCUT2D eigenvalue weighted by atomic mass is 32.2. The van der Waals surface area contributed by atoms with E-state index in [2.05, 4.69) is 0 Å². The van der Waals surface area contributed by atoms with E-state index in [9.17, 15) is 14.4 Å². The Bertz CT molecular complexity index is 601. The summed E-state index contributed by atoms with van der Waals surface area (Å²) in [6.07, 6.45) is 0. The second kappa shape index (κ2) is 5.40. The van der Waals surface area contributed by atoms with Gasteiger partial charge < -0.3 is 14.9 Å². The van der Waals surface area contributed by atoms with Gasteiger partial charge in [0.15, 0.2) is 0 Å². The number of aromatic carboxylic acids is 1. The van der Waals surface area contributed by atoms with E-state index >= 15 is 0 Å². The lowest BCUT2D eigenvalue weighted by molar-refractivity contribution is -0.153. The van der Waals surface area contributed by atoms with Crippen molar-refractivity contribution in [2.75, 3.05) is 18.2 Å². The highest BCUT2D eigenvalue weighted by Crippen LogP contribution is 2.26. The molecule has 21 heavy (non-hydrogen) atoms. The summed E-state index contributed by atoms with van der Waals surface area (Å²) in [5.41, 5.74) is 1.03. The van der Waals surface area contributed by atoms with Crippen LogP contribution in [-0.4, -0.2) is 56.9 Å². The molecule has 0 saturated carbocycles. The molecular weight excluding hydrogens is 292 g/mol. The Hall–Kier alpha value is -2.02. The molecule has 2 fully saturated rings. The third-order valence-corrected chi connectivity index (χ3v) is 4.71. The highest BCUT2D eigenvalue weighted by Gasteiger charge is 2.42. The van der Waals surface area contributed by atoms with Gasteiger partial charge >= 0.3 is 5.97 Å². The van der Waals surface area contributed by atoms with Crippen LogP contribution in [0, 0.1) is 0 Å². The van der Waals surface area contributed by atoms with Crippen molar-refractivity contribution in [1.82, 2.24) is 9.80 Å². The maximum absolute atomic E-state index is 12.4. The minimum Gasteiger partial charge on any atom is -0.478 e. The van der Waals surface area contributed by atoms with E-state index in [4.69, 9.17) is 5.11 Å². The largest absolute Gasteiger partial charge is 0.478 e. The first-order valence-electron chi connectivity index (χ1n) is 6.54. The molecule has 0 unspecified atom stereocenters. The Morgan fingerprint density at radius 2 is 2.00 bits per heavy atom. The fourth-order valence-corrected chi connectivity index (χ4v) is 3.71. The normalized spacial score (nSPS) is 21.6. The molecule has 2 amide bonds. The summed E-state index contributed by atoms with van der Waals surface area (Å²) in [5, 5.41) is 8.86. The predicted octanol–water partition coefficient (Wildman–Crippen LogP) is 0.628. The molecule has 7 heteroatoms. The molecule has 110 valence electrons. The molecule has 0 aromatic heterocycles. The zero-order valence-electron chi connectivity index (χ0n) is 11.2. The summed E-state index contributed by atoms with van der Waals surface area (Å²) in [6.45, 7) is 0.427. The van der Waals surface area contributed by atoms with Gasteiger partial charge in [-0.25, -0.2) is 4.79 Å².